The van der Waals surface area contributed by atoms with E-state index in [4.69, 9.17) is 4.74 Å². The van der Waals surface area contributed by atoms with Crippen LogP contribution < -0.4 is 0 Å². The summed E-state index contributed by atoms with van der Waals surface area (Å²) in [5.74, 6) is -0.719. The largest absolute Gasteiger partial charge is 0.507 e. The van der Waals surface area contributed by atoms with Gasteiger partial charge >= 0.3 is 5.97 Å². The molecule has 162 valence electrons. The molecule has 3 aromatic rings. The quantitative estimate of drug-likeness (QED) is 0.600. The summed E-state index contributed by atoms with van der Waals surface area (Å²) in [4.78, 5) is 12.0. The number of ether oxygens (including phenoxy) is 1. The van der Waals surface area contributed by atoms with E-state index in [-0.39, 0.29) is 17.5 Å². The van der Waals surface area contributed by atoms with Crippen molar-refractivity contribution in [3.63, 3.8) is 0 Å². The number of aliphatic carboxylic acids is 1. The number of fused-ring (bicyclic) bond motifs is 1. The van der Waals surface area contributed by atoms with Crippen LogP contribution in [0.2, 0.25) is 0 Å². The van der Waals surface area contributed by atoms with Gasteiger partial charge in [0, 0.05) is 35.9 Å². The summed E-state index contributed by atoms with van der Waals surface area (Å²) in [5.41, 5.74) is 3.36. The van der Waals surface area contributed by atoms with Crippen molar-refractivity contribution in [1.29, 1.82) is 0 Å². The molecular weight excluding hydrogens is 397 g/mol. The molecule has 2 N–H and O–H groups in total. The second-order valence-electron chi connectivity index (χ2n) is 8.95. The lowest BCUT2D eigenvalue weighted by atomic mass is 9.87. The molecule has 0 radical (unpaired) electrons. The van der Waals surface area contributed by atoms with Crippen molar-refractivity contribution in [2.45, 2.75) is 44.9 Å². The maximum absolute atomic E-state index is 14.0. The number of hydrogen-bond acceptors (Lipinski definition) is 3. The van der Waals surface area contributed by atoms with Crippen LogP contribution in [0.4, 0.5) is 4.39 Å². The highest BCUT2D eigenvalue weighted by Gasteiger charge is 2.51. The van der Waals surface area contributed by atoms with Crippen molar-refractivity contribution in [3.8, 4) is 11.4 Å². The first-order chi connectivity index (χ1) is 14.9. The van der Waals surface area contributed by atoms with Crippen molar-refractivity contribution in [3.05, 3.63) is 59.0 Å². The standard InChI is InChI=1S/C25H26FNO4/c1-15-13-17(5-6-19(15)26)27-20-3-2-4-21(28)22(20)18(14-25(9-10-25)24(29)30)23(27)16-7-11-31-12-8-16/h2-6,13,16,28H,7-12,14H2,1H3,(H,29,30). The number of aryl methyl sites for hydroxylation is 1. The van der Waals surface area contributed by atoms with Gasteiger partial charge in [-0.25, -0.2) is 4.39 Å². The fourth-order valence-corrected chi connectivity index (χ4v) is 5.00. The molecule has 1 aliphatic carbocycles. The maximum atomic E-state index is 14.0. The van der Waals surface area contributed by atoms with Gasteiger partial charge in [0.15, 0.2) is 0 Å². The summed E-state index contributed by atoms with van der Waals surface area (Å²) in [7, 11) is 0. The van der Waals surface area contributed by atoms with Crippen molar-refractivity contribution in [1.82, 2.24) is 4.57 Å². The average Bonchev–Trinajstić information content (AvgIpc) is 3.47. The lowest BCUT2D eigenvalue weighted by Gasteiger charge is -2.26. The van der Waals surface area contributed by atoms with E-state index in [1.165, 1.54) is 6.07 Å². The lowest BCUT2D eigenvalue weighted by Crippen LogP contribution is -2.21. The molecule has 31 heavy (non-hydrogen) atoms. The number of rotatable bonds is 5. The van der Waals surface area contributed by atoms with Crippen molar-refractivity contribution in [2.24, 2.45) is 5.41 Å². The highest BCUT2D eigenvalue weighted by Crippen LogP contribution is 2.52. The minimum Gasteiger partial charge on any atom is -0.507 e. The predicted molar refractivity (Wildman–Crippen MR) is 115 cm³/mol. The Morgan fingerprint density at radius 3 is 2.61 bits per heavy atom. The molecule has 0 unspecified atom stereocenters. The molecule has 2 heterocycles. The Kier molecular flexibility index (Phi) is 4.77. The van der Waals surface area contributed by atoms with Gasteiger partial charge in [-0.1, -0.05) is 6.07 Å². The fourth-order valence-electron chi connectivity index (χ4n) is 5.00. The Morgan fingerprint density at radius 2 is 1.97 bits per heavy atom. The number of nitrogens with zero attached hydrogens (tertiary/aromatic N) is 1. The first-order valence-electron chi connectivity index (χ1n) is 10.8. The number of phenols is 1. The van der Waals surface area contributed by atoms with Gasteiger partial charge in [-0.15, -0.1) is 0 Å². The van der Waals surface area contributed by atoms with Gasteiger partial charge in [-0.05, 0) is 80.5 Å². The molecule has 0 atom stereocenters. The van der Waals surface area contributed by atoms with E-state index in [1.807, 2.05) is 12.1 Å². The van der Waals surface area contributed by atoms with E-state index < -0.39 is 11.4 Å². The first kappa shape index (κ1) is 20.1. The van der Waals surface area contributed by atoms with E-state index in [2.05, 4.69) is 4.57 Å². The van der Waals surface area contributed by atoms with Gasteiger partial charge in [0.1, 0.15) is 11.6 Å². The summed E-state index contributed by atoms with van der Waals surface area (Å²) in [6.45, 7) is 3.02. The van der Waals surface area contributed by atoms with Gasteiger partial charge in [-0.2, -0.15) is 0 Å². The Balaban J connectivity index is 1.81. The SMILES string of the molecule is Cc1cc(-n2c(C3CCOCC3)c(CC3(C(=O)O)CC3)c3c(O)cccc32)ccc1F. The predicted octanol–water partition coefficient (Wildman–Crippen LogP) is 5.08. The van der Waals surface area contributed by atoms with Crippen LogP contribution in [0.25, 0.3) is 16.6 Å². The molecule has 0 amide bonds. The number of carboxylic acids is 1. The molecule has 5 rings (SSSR count). The van der Waals surface area contributed by atoms with Crippen LogP contribution in [0.1, 0.15) is 48.4 Å². The Hall–Kier alpha value is -2.86. The number of aromatic nitrogens is 1. The number of hydrogen-bond donors (Lipinski definition) is 2. The Bertz CT molecular complexity index is 1170. The second-order valence-corrected chi connectivity index (χ2v) is 8.95. The first-order valence-corrected chi connectivity index (χ1v) is 10.8. The van der Waals surface area contributed by atoms with Crippen LogP contribution in [0, 0.1) is 18.2 Å². The van der Waals surface area contributed by atoms with E-state index in [9.17, 15) is 19.4 Å². The minimum absolute atomic E-state index is 0.152. The lowest BCUT2D eigenvalue weighted by molar-refractivity contribution is -0.143. The third-order valence-corrected chi connectivity index (χ3v) is 6.94. The average molecular weight is 423 g/mol. The van der Waals surface area contributed by atoms with Gasteiger partial charge in [-0.3, -0.25) is 4.79 Å². The Labute approximate surface area is 180 Å². The molecule has 2 fully saturated rings. The smallest absolute Gasteiger partial charge is 0.309 e. The normalized spacial score (nSPS) is 18.4. The van der Waals surface area contributed by atoms with Crippen LogP contribution in [0.3, 0.4) is 0 Å². The number of carboxylic acid groups (broad SMARTS) is 1. The van der Waals surface area contributed by atoms with Crippen LogP contribution in [-0.4, -0.2) is 34.0 Å². The highest BCUT2D eigenvalue weighted by molar-refractivity contribution is 5.93. The maximum Gasteiger partial charge on any atom is 0.309 e. The van der Waals surface area contributed by atoms with E-state index in [0.29, 0.717) is 43.4 Å². The van der Waals surface area contributed by atoms with Crippen molar-refractivity contribution in [2.75, 3.05) is 13.2 Å². The highest BCUT2D eigenvalue weighted by atomic mass is 19.1. The fraction of sp³-hybridized carbons (Fsp3) is 0.400. The molecule has 2 aromatic carbocycles. The van der Waals surface area contributed by atoms with Crippen LogP contribution in [-0.2, 0) is 16.0 Å². The zero-order valence-corrected chi connectivity index (χ0v) is 17.5. The molecule has 1 saturated heterocycles. The molecule has 5 nitrogen and oxygen atoms in total. The third kappa shape index (κ3) is 3.30. The molecule has 0 bridgehead atoms. The van der Waals surface area contributed by atoms with E-state index >= 15 is 0 Å². The van der Waals surface area contributed by atoms with Crippen LogP contribution in [0.5, 0.6) is 5.75 Å². The molecular formula is C25H26FNO4. The monoisotopic (exact) mass is 423 g/mol. The Morgan fingerprint density at radius 1 is 1.23 bits per heavy atom. The number of phenolic OH excluding ortho intramolecular Hbond substituents is 1. The van der Waals surface area contributed by atoms with E-state index in [1.54, 1.807) is 25.1 Å². The summed E-state index contributed by atoms with van der Waals surface area (Å²) < 4.78 is 21.7. The third-order valence-electron chi connectivity index (χ3n) is 6.94. The molecule has 6 heteroatoms. The molecule has 0 spiro atoms. The zero-order valence-electron chi connectivity index (χ0n) is 17.5. The van der Waals surface area contributed by atoms with Gasteiger partial charge in [0.25, 0.3) is 0 Å². The summed E-state index contributed by atoms with van der Waals surface area (Å²) in [5, 5.41) is 21.4. The molecule has 2 aliphatic rings. The number of benzene rings is 2. The summed E-state index contributed by atoms with van der Waals surface area (Å²) >= 11 is 0. The zero-order chi connectivity index (χ0) is 21.8. The topological polar surface area (TPSA) is 71.7 Å². The molecule has 1 saturated carbocycles. The minimum atomic E-state index is -0.778. The number of carbonyl (C=O) groups is 1. The van der Waals surface area contributed by atoms with Gasteiger partial charge in [0.05, 0.1) is 10.9 Å². The van der Waals surface area contributed by atoms with Crippen LogP contribution in [0.15, 0.2) is 36.4 Å². The molecule has 1 aromatic heterocycles. The number of halogens is 1. The van der Waals surface area contributed by atoms with Crippen molar-refractivity contribution >= 4 is 16.9 Å². The molecule has 1 aliphatic heterocycles. The summed E-state index contributed by atoms with van der Waals surface area (Å²) in [6.07, 6.45) is 3.32. The van der Waals surface area contributed by atoms with Crippen molar-refractivity contribution < 1.29 is 24.1 Å². The van der Waals surface area contributed by atoms with Gasteiger partial charge in [0.2, 0.25) is 0 Å². The van der Waals surface area contributed by atoms with E-state index in [0.717, 1.165) is 35.3 Å². The second kappa shape index (κ2) is 7.38. The number of aromatic hydroxyl groups is 1. The van der Waals surface area contributed by atoms with Gasteiger partial charge < -0.3 is 19.5 Å². The van der Waals surface area contributed by atoms with Crippen LogP contribution >= 0.6 is 0 Å². The summed E-state index contributed by atoms with van der Waals surface area (Å²) in [6, 6.07) is 10.4.